The number of hydrogen-bond acceptors (Lipinski definition) is 3. The zero-order valence-electron chi connectivity index (χ0n) is 12.3. The van der Waals surface area contributed by atoms with Crippen molar-refractivity contribution in [2.45, 2.75) is 30.5 Å². The number of benzene rings is 1. The lowest BCUT2D eigenvalue weighted by molar-refractivity contribution is 0.0872. The van der Waals surface area contributed by atoms with Gasteiger partial charge in [0.1, 0.15) is 5.03 Å². The highest BCUT2D eigenvalue weighted by Crippen LogP contribution is 2.25. The van der Waals surface area contributed by atoms with E-state index in [0.29, 0.717) is 19.8 Å². The number of nitrogens with zero attached hydrogens (tertiary/aromatic N) is 1. The second-order valence-electron chi connectivity index (χ2n) is 5.45. The number of H-pyrrole nitrogens is 1. The SMILES string of the molecule is O=S(=O)(c1ccc[nH]1)N1CCC[C@@H]1COCc1ccccc1. The van der Waals surface area contributed by atoms with E-state index in [0.717, 1.165) is 18.4 Å². The van der Waals surface area contributed by atoms with Crippen molar-refractivity contribution in [3.05, 3.63) is 54.2 Å². The van der Waals surface area contributed by atoms with Crippen LogP contribution in [0.3, 0.4) is 0 Å². The minimum atomic E-state index is -3.44. The fourth-order valence-electron chi connectivity index (χ4n) is 2.78. The van der Waals surface area contributed by atoms with Crippen LogP contribution in [0.1, 0.15) is 18.4 Å². The molecule has 0 aliphatic carbocycles. The fourth-order valence-corrected chi connectivity index (χ4v) is 4.43. The lowest BCUT2D eigenvalue weighted by atomic mass is 10.2. The summed E-state index contributed by atoms with van der Waals surface area (Å²) < 4.78 is 32.4. The minimum Gasteiger partial charge on any atom is -0.375 e. The highest BCUT2D eigenvalue weighted by atomic mass is 32.2. The summed E-state index contributed by atoms with van der Waals surface area (Å²) in [4.78, 5) is 2.79. The van der Waals surface area contributed by atoms with Crippen LogP contribution in [0.4, 0.5) is 0 Å². The van der Waals surface area contributed by atoms with E-state index in [2.05, 4.69) is 4.98 Å². The van der Waals surface area contributed by atoms with Crippen molar-refractivity contribution < 1.29 is 13.2 Å². The van der Waals surface area contributed by atoms with Crippen LogP contribution in [0.15, 0.2) is 53.7 Å². The molecule has 2 heterocycles. The van der Waals surface area contributed by atoms with E-state index in [1.807, 2.05) is 30.3 Å². The van der Waals surface area contributed by atoms with Crippen molar-refractivity contribution in [3.63, 3.8) is 0 Å². The number of hydrogen-bond donors (Lipinski definition) is 1. The molecule has 5 nitrogen and oxygen atoms in total. The summed E-state index contributed by atoms with van der Waals surface area (Å²) in [5, 5.41) is 0.252. The molecule has 2 aromatic rings. The van der Waals surface area contributed by atoms with E-state index < -0.39 is 10.0 Å². The molecular weight excluding hydrogens is 300 g/mol. The van der Waals surface area contributed by atoms with Crippen molar-refractivity contribution >= 4 is 10.0 Å². The highest BCUT2D eigenvalue weighted by Gasteiger charge is 2.35. The Balaban J connectivity index is 1.62. The molecule has 0 saturated carbocycles. The van der Waals surface area contributed by atoms with Gasteiger partial charge in [0.15, 0.2) is 0 Å². The van der Waals surface area contributed by atoms with E-state index in [1.54, 1.807) is 22.6 Å². The van der Waals surface area contributed by atoms with Gasteiger partial charge in [-0.2, -0.15) is 4.31 Å². The third-order valence-corrected chi connectivity index (χ3v) is 5.81. The van der Waals surface area contributed by atoms with Crippen LogP contribution < -0.4 is 0 Å². The molecule has 1 fully saturated rings. The zero-order valence-corrected chi connectivity index (χ0v) is 13.1. The molecule has 1 saturated heterocycles. The predicted molar refractivity (Wildman–Crippen MR) is 83.8 cm³/mol. The van der Waals surface area contributed by atoms with Gasteiger partial charge in [0.05, 0.1) is 13.2 Å². The van der Waals surface area contributed by atoms with Crippen LogP contribution in [0.25, 0.3) is 0 Å². The first-order valence-electron chi connectivity index (χ1n) is 7.45. The third-order valence-electron chi connectivity index (χ3n) is 3.90. The third kappa shape index (κ3) is 3.24. The molecule has 118 valence electrons. The Kier molecular flexibility index (Phi) is 4.61. The Hall–Kier alpha value is -1.63. The highest BCUT2D eigenvalue weighted by molar-refractivity contribution is 7.89. The fraction of sp³-hybridized carbons (Fsp3) is 0.375. The zero-order chi connectivity index (χ0) is 15.4. The van der Waals surface area contributed by atoms with Crippen LogP contribution in [0.5, 0.6) is 0 Å². The van der Waals surface area contributed by atoms with Gasteiger partial charge in [0.25, 0.3) is 10.0 Å². The number of nitrogens with one attached hydrogen (secondary N) is 1. The molecular formula is C16H20N2O3S. The number of sulfonamides is 1. The molecule has 22 heavy (non-hydrogen) atoms. The first-order chi connectivity index (χ1) is 10.7. The summed E-state index contributed by atoms with van der Waals surface area (Å²) in [6, 6.07) is 13.1. The summed E-state index contributed by atoms with van der Waals surface area (Å²) in [6.07, 6.45) is 3.35. The number of rotatable bonds is 6. The van der Waals surface area contributed by atoms with Gasteiger partial charge in [-0.3, -0.25) is 0 Å². The van der Waals surface area contributed by atoms with E-state index in [9.17, 15) is 8.42 Å². The topological polar surface area (TPSA) is 62.4 Å². The lowest BCUT2D eigenvalue weighted by Gasteiger charge is -2.23. The molecule has 3 rings (SSSR count). The second kappa shape index (κ2) is 6.64. The maximum atomic E-state index is 12.6. The first-order valence-corrected chi connectivity index (χ1v) is 8.89. The molecule has 1 N–H and O–H groups in total. The predicted octanol–water partition coefficient (Wildman–Crippen LogP) is 2.38. The number of ether oxygens (including phenoxy) is 1. The molecule has 0 spiro atoms. The van der Waals surface area contributed by atoms with Crippen molar-refractivity contribution in [2.24, 2.45) is 0 Å². The monoisotopic (exact) mass is 320 g/mol. The minimum absolute atomic E-state index is 0.0861. The molecule has 0 bridgehead atoms. The molecule has 1 aliphatic rings. The molecule has 0 radical (unpaired) electrons. The van der Waals surface area contributed by atoms with Gasteiger partial charge in [-0.1, -0.05) is 30.3 Å². The quantitative estimate of drug-likeness (QED) is 0.889. The smallest absolute Gasteiger partial charge is 0.258 e. The van der Waals surface area contributed by atoms with Gasteiger partial charge in [0, 0.05) is 18.8 Å². The molecule has 1 aromatic carbocycles. The summed E-state index contributed by atoms with van der Waals surface area (Å²) >= 11 is 0. The Morgan fingerprint density at radius 2 is 2.00 bits per heavy atom. The lowest BCUT2D eigenvalue weighted by Crippen LogP contribution is -2.38. The van der Waals surface area contributed by atoms with Crippen LogP contribution in [-0.2, 0) is 21.4 Å². The molecule has 1 aliphatic heterocycles. The van der Waals surface area contributed by atoms with Crippen LogP contribution in [0, 0.1) is 0 Å². The molecule has 0 unspecified atom stereocenters. The Labute approximate surface area is 131 Å². The second-order valence-corrected chi connectivity index (χ2v) is 7.31. The molecule has 1 atom stereocenters. The molecule has 6 heteroatoms. The van der Waals surface area contributed by atoms with Gasteiger partial charge < -0.3 is 9.72 Å². The first kappa shape index (κ1) is 15.3. The van der Waals surface area contributed by atoms with Crippen molar-refractivity contribution in [3.8, 4) is 0 Å². The van der Waals surface area contributed by atoms with E-state index >= 15 is 0 Å². The molecule has 1 aromatic heterocycles. The van der Waals surface area contributed by atoms with E-state index in [-0.39, 0.29) is 11.1 Å². The maximum Gasteiger partial charge on any atom is 0.258 e. The average molecular weight is 320 g/mol. The van der Waals surface area contributed by atoms with Crippen LogP contribution in [0.2, 0.25) is 0 Å². The van der Waals surface area contributed by atoms with Crippen LogP contribution in [-0.4, -0.2) is 36.9 Å². The summed E-state index contributed by atoms with van der Waals surface area (Å²) in [6.45, 7) is 1.49. The van der Waals surface area contributed by atoms with Gasteiger partial charge >= 0.3 is 0 Å². The van der Waals surface area contributed by atoms with Gasteiger partial charge in [0.2, 0.25) is 0 Å². The largest absolute Gasteiger partial charge is 0.375 e. The molecule has 0 amide bonds. The normalized spacial score (nSPS) is 19.5. The maximum absolute atomic E-state index is 12.6. The summed E-state index contributed by atoms with van der Waals surface area (Å²) in [5.74, 6) is 0. The number of aromatic nitrogens is 1. The van der Waals surface area contributed by atoms with Crippen molar-refractivity contribution in [1.82, 2.24) is 9.29 Å². The van der Waals surface area contributed by atoms with Gasteiger partial charge in [-0.05, 0) is 30.5 Å². The summed E-state index contributed by atoms with van der Waals surface area (Å²) in [5.41, 5.74) is 1.10. The van der Waals surface area contributed by atoms with Crippen molar-refractivity contribution in [2.75, 3.05) is 13.2 Å². The van der Waals surface area contributed by atoms with E-state index in [4.69, 9.17) is 4.74 Å². The van der Waals surface area contributed by atoms with E-state index in [1.165, 1.54) is 0 Å². The number of aromatic amines is 1. The Bertz CT molecular complexity index is 683. The van der Waals surface area contributed by atoms with Crippen LogP contribution >= 0.6 is 0 Å². The standard InChI is InChI=1S/C16H20N2O3S/c19-22(20,16-9-4-10-17-16)18-11-5-8-15(18)13-21-12-14-6-2-1-3-7-14/h1-4,6-7,9-10,15,17H,5,8,11-13H2/t15-/m1/s1. The average Bonchev–Trinajstić information content (AvgIpc) is 3.20. The summed E-state index contributed by atoms with van der Waals surface area (Å²) in [7, 11) is -3.44. The van der Waals surface area contributed by atoms with Gasteiger partial charge in [-0.15, -0.1) is 0 Å². The Morgan fingerprint density at radius 3 is 2.73 bits per heavy atom. The Morgan fingerprint density at radius 1 is 1.18 bits per heavy atom. The van der Waals surface area contributed by atoms with Gasteiger partial charge in [-0.25, -0.2) is 8.42 Å². The van der Waals surface area contributed by atoms with Crippen molar-refractivity contribution in [1.29, 1.82) is 0 Å².